The molecule has 0 atom stereocenters. The topological polar surface area (TPSA) is 62.7 Å². The van der Waals surface area contributed by atoms with Crippen molar-refractivity contribution in [2.24, 2.45) is 0 Å². The van der Waals surface area contributed by atoms with Gasteiger partial charge in [0.1, 0.15) is 17.5 Å². The summed E-state index contributed by atoms with van der Waals surface area (Å²) < 4.78 is 0. The Kier molecular flexibility index (Phi) is 3.39. The van der Waals surface area contributed by atoms with Gasteiger partial charge in [0.15, 0.2) is 0 Å². The molecule has 0 amide bonds. The number of hydrogen-bond acceptors (Lipinski definition) is 5. The van der Waals surface area contributed by atoms with E-state index in [9.17, 15) is 0 Å². The summed E-state index contributed by atoms with van der Waals surface area (Å²) in [6.45, 7) is 3.88. The lowest BCUT2D eigenvalue weighted by Crippen LogP contribution is -2.05. The molecule has 21 heavy (non-hydrogen) atoms. The number of hydrogen-bond donors (Lipinski definition) is 2. The molecule has 0 aliphatic carbocycles. The van der Waals surface area contributed by atoms with Crippen LogP contribution in [0.25, 0.3) is 10.9 Å². The van der Waals surface area contributed by atoms with Crippen LogP contribution in [0.4, 0.5) is 17.3 Å². The second-order valence-corrected chi connectivity index (χ2v) is 4.88. The minimum atomic E-state index is 0.731. The number of rotatable bonds is 3. The molecule has 0 saturated carbocycles. The van der Waals surface area contributed by atoms with Gasteiger partial charge in [0.2, 0.25) is 0 Å². The van der Waals surface area contributed by atoms with E-state index in [1.165, 1.54) is 0 Å². The first-order chi connectivity index (χ1) is 10.2. The first-order valence-corrected chi connectivity index (χ1v) is 6.82. The first kappa shape index (κ1) is 13.3. The van der Waals surface area contributed by atoms with E-state index in [1.807, 2.05) is 45.2 Å². The van der Waals surface area contributed by atoms with Gasteiger partial charge in [-0.2, -0.15) is 0 Å². The van der Waals surface area contributed by atoms with E-state index < -0.39 is 0 Å². The maximum atomic E-state index is 4.48. The lowest BCUT2D eigenvalue weighted by molar-refractivity contribution is 1.04. The molecule has 2 N–H and O–H groups in total. The van der Waals surface area contributed by atoms with Crippen molar-refractivity contribution >= 4 is 28.2 Å². The third kappa shape index (κ3) is 2.63. The van der Waals surface area contributed by atoms with Crippen molar-refractivity contribution in [3.8, 4) is 0 Å². The number of fused-ring (bicyclic) bond motifs is 1. The number of aromatic nitrogens is 3. The standard InChI is InChI=1S/C16H17N5/c1-10-15(17-3)19-11(2)20-16(10)21-13-6-7-14-12(9-13)5-4-8-18-14/h4-9H,1-3H3,(H2,17,19,20,21). The molecule has 3 rings (SSSR count). The summed E-state index contributed by atoms with van der Waals surface area (Å²) in [7, 11) is 1.86. The molecule has 5 heteroatoms. The van der Waals surface area contributed by atoms with Gasteiger partial charge >= 0.3 is 0 Å². The maximum absolute atomic E-state index is 4.48. The van der Waals surface area contributed by atoms with Crippen molar-refractivity contribution in [2.75, 3.05) is 17.7 Å². The smallest absolute Gasteiger partial charge is 0.139 e. The van der Waals surface area contributed by atoms with Gasteiger partial charge < -0.3 is 10.6 Å². The van der Waals surface area contributed by atoms with Crippen LogP contribution in [0.2, 0.25) is 0 Å². The van der Waals surface area contributed by atoms with E-state index in [0.29, 0.717) is 0 Å². The molecule has 1 aromatic carbocycles. The number of anilines is 3. The van der Waals surface area contributed by atoms with Crippen LogP contribution in [0.1, 0.15) is 11.4 Å². The minimum Gasteiger partial charge on any atom is -0.373 e. The highest BCUT2D eigenvalue weighted by molar-refractivity contribution is 5.83. The summed E-state index contributed by atoms with van der Waals surface area (Å²) in [4.78, 5) is 13.2. The predicted molar refractivity (Wildman–Crippen MR) is 86.1 cm³/mol. The maximum Gasteiger partial charge on any atom is 0.139 e. The number of pyridine rings is 1. The number of benzene rings is 1. The van der Waals surface area contributed by atoms with E-state index in [4.69, 9.17) is 0 Å². The Morgan fingerprint density at radius 1 is 1.00 bits per heavy atom. The van der Waals surface area contributed by atoms with Gasteiger partial charge in [0.05, 0.1) is 5.52 Å². The van der Waals surface area contributed by atoms with Gasteiger partial charge in [0.25, 0.3) is 0 Å². The van der Waals surface area contributed by atoms with Crippen LogP contribution in [-0.2, 0) is 0 Å². The van der Waals surface area contributed by atoms with E-state index in [1.54, 1.807) is 6.20 Å². The third-order valence-corrected chi connectivity index (χ3v) is 3.36. The van der Waals surface area contributed by atoms with Crippen LogP contribution in [0, 0.1) is 13.8 Å². The summed E-state index contributed by atoms with van der Waals surface area (Å²) in [5.74, 6) is 2.39. The summed E-state index contributed by atoms with van der Waals surface area (Å²) >= 11 is 0. The lowest BCUT2D eigenvalue weighted by Gasteiger charge is -2.13. The molecule has 2 aromatic heterocycles. The van der Waals surface area contributed by atoms with Crippen molar-refractivity contribution in [1.82, 2.24) is 15.0 Å². The number of nitrogens with one attached hydrogen (secondary N) is 2. The largest absolute Gasteiger partial charge is 0.373 e. The molecule has 0 aliphatic heterocycles. The summed E-state index contributed by atoms with van der Waals surface area (Å²) in [5.41, 5.74) is 2.96. The van der Waals surface area contributed by atoms with Gasteiger partial charge in [0, 0.05) is 29.9 Å². The summed E-state index contributed by atoms with van der Waals surface area (Å²) in [6.07, 6.45) is 1.80. The Labute approximate surface area is 123 Å². The van der Waals surface area contributed by atoms with Gasteiger partial charge in [-0.05, 0) is 38.1 Å². The van der Waals surface area contributed by atoms with Crippen LogP contribution in [0.15, 0.2) is 36.5 Å². The van der Waals surface area contributed by atoms with Crippen molar-refractivity contribution in [3.63, 3.8) is 0 Å². The Bertz CT molecular complexity index is 798. The highest BCUT2D eigenvalue weighted by Gasteiger charge is 2.08. The fourth-order valence-corrected chi connectivity index (χ4v) is 2.28. The molecule has 0 aliphatic rings. The predicted octanol–water partition coefficient (Wildman–Crippen LogP) is 3.43. The Balaban J connectivity index is 2.00. The lowest BCUT2D eigenvalue weighted by atomic mass is 10.2. The normalized spacial score (nSPS) is 10.6. The van der Waals surface area contributed by atoms with Crippen molar-refractivity contribution in [2.45, 2.75) is 13.8 Å². The highest BCUT2D eigenvalue weighted by atomic mass is 15.1. The zero-order chi connectivity index (χ0) is 14.8. The fraction of sp³-hybridized carbons (Fsp3) is 0.188. The van der Waals surface area contributed by atoms with Crippen molar-refractivity contribution < 1.29 is 0 Å². The van der Waals surface area contributed by atoms with Crippen LogP contribution in [0.3, 0.4) is 0 Å². The molecular weight excluding hydrogens is 262 g/mol. The molecule has 0 spiro atoms. The fourth-order valence-electron chi connectivity index (χ4n) is 2.28. The zero-order valence-electron chi connectivity index (χ0n) is 12.3. The molecule has 0 saturated heterocycles. The van der Waals surface area contributed by atoms with Crippen LogP contribution in [-0.4, -0.2) is 22.0 Å². The molecule has 0 bridgehead atoms. The van der Waals surface area contributed by atoms with Crippen LogP contribution >= 0.6 is 0 Å². The average molecular weight is 279 g/mol. The number of nitrogens with zero attached hydrogens (tertiary/aromatic N) is 3. The third-order valence-electron chi connectivity index (χ3n) is 3.36. The Morgan fingerprint density at radius 2 is 1.81 bits per heavy atom. The van der Waals surface area contributed by atoms with Gasteiger partial charge in [-0.15, -0.1) is 0 Å². The molecule has 3 aromatic rings. The molecule has 0 fully saturated rings. The molecule has 5 nitrogen and oxygen atoms in total. The molecular formula is C16H17N5. The first-order valence-electron chi connectivity index (χ1n) is 6.82. The second kappa shape index (κ2) is 5.36. The van der Waals surface area contributed by atoms with E-state index in [0.717, 1.165) is 39.6 Å². The molecule has 0 unspecified atom stereocenters. The van der Waals surface area contributed by atoms with Crippen molar-refractivity contribution in [3.05, 3.63) is 47.9 Å². The van der Waals surface area contributed by atoms with E-state index in [-0.39, 0.29) is 0 Å². The highest BCUT2D eigenvalue weighted by Crippen LogP contribution is 2.25. The summed E-state index contributed by atoms with van der Waals surface area (Å²) in [5, 5.41) is 7.55. The molecule has 0 radical (unpaired) electrons. The molecule has 106 valence electrons. The van der Waals surface area contributed by atoms with Gasteiger partial charge in [-0.1, -0.05) is 6.07 Å². The van der Waals surface area contributed by atoms with Gasteiger partial charge in [-0.3, -0.25) is 4.98 Å². The zero-order valence-corrected chi connectivity index (χ0v) is 12.3. The Morgan fingerprint density at radius 3 is 2.62 bits per heavy atom. The van der Waals surface area contributed by atoms with Gasteiger partial charge in [-0.25, -0.2) is 9.97 Å². The van der Waals surface area contributed by atoms with Crippen LogP contribution in [0.5, 0.6) is 0 Å². The van der Waals surface area contributed by atoms with E-state index in [2.05, 4.69) is 31.7 Å². The van der Waals surface area contributed by atoms with Crippen LogP contribution < -0.4 is 10.6 Å². The SMILES string of the molecule is CNc1nc(C)nc(Nc2ccc3ncccc3c2)c1C. The quantitative estimate of drug-likeness (QED) is 0.769. The number of aryl methyl sites for hydroxylation is 1. The summed E-state index contributed by atoms with van der Waals surface area (Å²) in [6, 6.07) is 10.1. The minimum absolute atomic E-state index is 0.731. The van der Waals surface area contributed by atoms with Crippen molar-refractivity contribution in [1.29, 1.82) is 0 Å². The molecule has 2 heterocycles. The van der Waals surface area contributed by atoms with E-state index >= 15 is 0 Å². The average Bonchev–Trinajstić information content (AvgIpc) is 2.50. The Hall–Kier alpha value is -2.69. The second-order valence-electron chi connectivity index (χ2n) is 4.88. The monoisotopic (exact) mass is 279 g/mol.